The van der Waals surface area contributed by atoms with E-state index in [1.54, 1.807) is 18.6 Å². The van der Waals surface area contributed by atoms with Crippen LogP contribution in [0.1, 0.15) is 25.7 Å². The van der Waals surface area contributed by atoms with Crippen molar-refractivity contribution in [2.75, 3.05) is 23.7 Å². The number of anilines is 2. The van der Waals surface area contributed by atoms with E-state index in [-0.39, 0.29) is 17.6 Å². The van der Waals surface area contributed by atoms with Crippen LogP contribution in [0.2, 0.25) is 5.02 Å². The fraction of sp³-hybridized carbons (Fsp3) is 0.500. The van der Waals surface area contributed by atoms with Gasteiger partial charge < -0.3 is 21.5 Å². The number of pyridine rings is 1. The van der Waals surface area contributed by atoms with Gasteiger partial charge in [0.25, 0.3) is 0 Å². The highest BCUT2D eigenvalue weighted by atomic mass is 35.5. The summed E-state index contributed by atoms with van der Waals surface area (Å²) >= 11 is 7.60. The van der Waals surface area contributed by atoms with E-state index in [1.807, 2.05) is 6.07 Å². The summed E-state index contributed by atoms with van der Waals surface area (Å²) in [6.45, 7) is 1.77. The SMILES string of the molecule is Nc1nccc(Sc2cnc(N3CCC4(CC3)CC(O)CC4N)cn2)c1Cl. The lowest BCUT2D eigenvalue weighted by atomic mass is 9.74. The molecule has 0 radical (unpaired) electrons. The predicted octanol–water partition coefficient (Wildman–Crippen LogP) is 2.33. The van der Waals surface area contributed by atoms with Crippen molar-refractivity contribution in [3.63, 3.8) is 0 Å². The molecule has 1 saturated carbocycles. The highest BCUT2D eigenvalue weighted by Gasteiger charge is 2.46. The number of nitrogen functional groups attached to an aromatic ring is 1. The van der Waals surface area contributed by atoms with E-state index in [1.165, 1.54) is 11.8 Å². The second-order valence-corrected chi connectivity index (χ2v) is 8.81. The Morgan fingerprint density at radius 1 is 1.22 bits per heavy atom. The Hall–Kier alpha value is -1.61. The van der Waals surface area contributed by atoms with E-state index in [2.05, 4.69) is 19.9 Å². The zero-order valence-corrected chi connectivity index (χ0v) is 16.5. The molecule has 0 amide bonds. The largest absolute Gasteiger partial charge is 0.393 e. The Balaban J connectivity index is 1.41. The summed E-state index contributed by atoms with van der Waals surface area (Å²) < 4.78 is 0. The van der Waals surface area contributed by atoms with Crippen molar-refractivity contribution >= 4 is 35.0 Å². The molecule has 2 unspecified atom stereocenters. The number of halogens is 1. The maximum absolute atomic E-state index is 9.95. The molecule has 2 aromatic rings. The van der Waals surface area contributed by atoms with E-state index < -0.39 is 0 Å². The van der Waals surface area contributed by atoms with Crippen LogP contribution in [0.4, 0.5) is 11.6 Å². The summed E-state index contributed by atoms with van der Waals surface area (Å²) in [6, 6.07) is 1.90. The summed E-state index contributed by atoms with van der Waals surface area (Å²) in [7, 11) is 0. The monoisotopic (exact) mass is 406 g/mol. The van der Waals surface area contributed by atoms with Crippen LogP contribution < -0.4 is 16.4 Å². The van der Waals surface area contributed by atoms with E-state index in [0.29, 0.717) is 17.3 Å². The molecule has 1 aliphatic heterocycles. The Morgan fingerprint density at radius 2 is 2.00 bits per heavy atom. The number of aliphatic hydroxyl groups is 1. The minimum absolute atomic E-state index is 0.0805. The molecule has 144 valence electrons. The number of piperidine rings is 1. The van der Waals surface area contributed by atoms with Gasteiger partial charge in [0.1, 0.15) is 16.7 Å². The molecular weight excluding hydrogens is 384 g/mol. The topological polar surface area (TPSA) is 114 Å². The van der Waals surface area contributed by atoms with Crippen LogP contribution in [-0.4, -0.2) is 45.3 Å². The number of hydrogen-bond donors (Lipinski definition) is 3. The highest BCUT2D eigenvalue weighted by Crippen LogP contribution is 2.46. The Morgan fingerprint density at radius 3 is 2.63 bits per heavy atom. The fourth-order valence-corrected chi connectivity index (χ4v) is 5.15. The van der Waals surface area contributed by atoms with Gasteiger partial charge in [0.15, 0.2) is 0 Å². The molecule has 1 saturated heterocycles. The molecule has 2 aliphatic rings. The molecule has 2 fully saturated rings. The molecule has 0 aromatic carbocycles. The van der Waals surface area contributed by atoms with Gasteiger partial charge in [-0.1, -0.05) is 23.4 Å². The first-order valence-electron chi connectivity index (χ1n) is 9.05. The van der Waals surface area contributed by atoms with Crippen molar-refractivity contribution in [3.8, 4) is 0 Å². The molecular formula is C18H23ClN6OS. The Labute approximate surface area is 167 Å². The fourth-order valence-electron chi connectivity index (χ4n) is 4.16. The first-order valence-corrected chi connectivity index (χ1v) is 10.2. The molecule has 1 spiro atoms. The second-order valence-electron chi connectivity index (χ2n) is 7.37. The van der Waals surface area contributed by atoms with Gasteiger partial charge in [-0.3, -0.25) is 0 Å². The van der Waals surface area contributed by atoms with Gasteiger partial charge in [-0.15, -0.1) is 0 Å². The lowest BCUT2D eigenvalue weighted by molar-refractivity contribution is 0.141. The van der Waals surface area contributed by atoms with Crippen molar-refractivity contribution < 1.29 is 5.11 Å². The molecule has 5 N–H and O–H groups in total. The van der Waals surface area contributed by atoms with Crippen molar-refractivity contribution in [3.05, 3.63) is 29.7 Å². The Bertz CT molecular complexity index is 812. The van der Waals surface area contributed by atoms with Crippen LogP contribution in [0.25, 0.3) is 0 Å². The maximum Gasteiger partial charge on any atom is 0.147 e. The molecule has 7 nitrogen and oxygen atoms in total. The van der Waals surface area contributed by atoms with Gasteiger partial charge in [-0.25, -0.2) is 15.0 Å². The molecule has 27 heavy (non-hydrogen) atoms. The molecule has 2 atom stereocenters. The highest BCUT2D eigenvalue weighted by molar-refractivity contribution is 7.99. The van der Waals surface area contributed by atoms with Crippen LogP contribution in [-0.2, 0) is 0 Å². The minimum Gasteiger partial charge on any atom is -0.393 e. The third-order valence-corrected chi connectivity index (χ3v) is 7.24. The summed E-state index contributed by atoms with van der Waals surface area (Å²) in [5, 5.41) is 11.1. The third kappa shape index (κ3) is 3.71. The average molecular weight is 407 g/mol. The van der Waals surface area contributed by atoms with Crippen molar-refractivity contribution in [1.29, 1.82) is 0 Å². The number of hydrogen-bond acceptors (Lipinski definition) is 8. The van der Waals surface area contributed by atoms with Gasteiger partial charge in [-0.05, 0) is 37.2 Å². The van der Waals surface area contributed by atoms with Gasteiger partial charge >= 0.3 is 0 Å². The molecule has 2 aromatic heterocycles. The van der Waals surface area contributed by atoms with Gasteiger partial charge in [0.2, 0.25) is 0 Å². The first kappa shape index (κ1) is 18.7. The van der Waals surface area contributed by atoms with Crippen LogP contribution in [0.15, 0.2) is 34.6 Å². The summed E-state index contributed by atoms with van der Waals surface area (Å²) in [5.74, 6) is 1.17. The predicted molar refractivity (Wildman–Crippen MR) is 107 cm³/mol. The lowest BCUT2D eigenvalue weighted by Crippen LogP contribution is -2.47. The Kier molecular flexibility index (Phi) is 5.15. The van der Waals surface area contributed by atoms with Crippen LogP contribution in [0.3, 0.4) is 0 Å². The van der Waals surface area contributed by atoms with E-state index >= 15 is 0 Å². The number of aliphatic hydroxyl groups excluding tert-OH is 1. The van der Waals surface area contributed by atoms with Crippen LogP contribution in [0.5, 0.6) is 0 Å². The van der Waals surface area contributed by atoms with Crippen LogP contribution in [0, 0.1) is 5.41 Å². The standard InChI is InChI=1S/C18H23ClN6OS/c19-16-12(1-4-22-17(16)21)27-15-10-23-14(9-24-15)25-5-2-18(3-6-25)8-11(26)7-13(18)20/h1,4,9-11,13,26H,2-3,5-8,20H2,(H2,21,22). The summed E-state index contributed by atoms with van der Waals surface area (Å²) in [6.07, 6.45) is 8.42. The molecule has 0 bridgehead atoms. The van der Waals surface area contributed by atoms with Crippen molar-refractivity contribution in [2.24, 2.45) is 11.1 Å². The molecule has 1 aliphatic carbocycles. The maximum atomic E-state index is 9.95. The molecule has 4 rings (SSSR count). The number of rotatable bonds is 3. The van der Waals surface area contributed by atoms with Crippen molar-refractivity contribution in [1.82, 2.24) is 15.0 Å². The number of nitrogens with zero attached hydrogens (tertiary/aromatic N) is 4. The smallest absolute Gasteiger partial charge is 0.147 e. The first-order chi connectivity index (χ1) is 13.0. The summed E-state index contributed by atoms with van der Waals surface area (Å²) in [4.78, 5) is 16.1. The van der Waals surface area contributed by atoms with E-state index in [9.17, 15) is 5.11 Å². The lowest BCUT2D eigenvalue weighted by Gasteiger charge is -2.42. The third-order valence-electron chi connectivity index (χ3n) is 5.75. The molecule has 9 heteroatoms. The molecule has 3 heterocycles. The van der Waals surface area contributed by atoms with Gasteiger partial charge in [-0.2, -0.15) is 0 Å². The number of aromatic nitrogens is 3. The second kappa shape index (κ2) is 7.43. The van der Waals surface area contributed by atoms with E-state index in [4.69, 9.17) is 23.1 Å². The zero-order chi connectivity index (χ0) is 19.0. The van der Waals surface area contributed by atoms with E-state index in [0.717, 1.165) is 48.1 Å². The van der Waals surface area contributed by atoms with Gasteiger partial charge in [0, 0.05) is 30.2 Å². The van der Waals surface area contributed by atoms with Crippen LogP contribution >= 0.6 is 23.4 Å². The normalized spacial score (nSPS) is 24.5. The number of nitrogens with two attached hydrogens (primary N) is 2. The minimum atomic E-state index is -0.253. The van der Waals surface area contributed by atoms with Crippen molar-refractivity contribution in [2.45, 2.75) is 47.8 Å². The zero-order valence-electron chi connectivity index (χ0n) is 14.9. The average Bonchev–Trinajstić information content (AvgIpc) is 2.93. The summed E-state index contributed by atoms with van der Waals surface area (Å²) in [5.41, 5.74) is 12.1. The quantitative estimate of drug-likeness (QED) is 0.711. The van der Waals surface area contributed by atoms with Gasteiger partial charge in [0.05, 0.1) is 23.5 Å².